The predicted octanol–water partition coefficient (Wildman–Crippen LogP) is 1.59. The van der Waals surface area contributed by atoms with Crippen LogP contribution < -0.4 is 10.2 Å². The molecule has 1 unspecified atom stereocenters. The summed E-state index contributed by atoms with van der Waals surface area (Å²) in [6.07, 6.45) is 3.07. The second-order valence-corrected chi connectivity index (χ2v) is 5.28. The second-order valence-electron chi connectivity index (χ2n) is 5.28. The monoisotopic (exact) mass is 262 g/mol. The maximum absolute atomic E-state index is 4.42. The topological polar surface area (TPSA) is 31.4 Å². The molecule has 0 amide bonds. The predicted molar refractivity (Wildman–Crippen MR) is 80.6 cm³/mol. The van der Waals surface area contributed by atoms with Gasteiger partial charge >= 0.3 is 0 Å². The van der Waals surface area contributed by atoms with Crippen molar-refractivity contribution in [2.24, 2.45) is 0 Å². The molecule has 0 saturated carbocycles. The Balaban J connectivity index is 1.68. The van der Waals surface area contributed by atoms with E-state index in [9.17, 15) is 0 Å². The van der Waals surface area contributed by atoms with Crippen LogP contribution >= 0.6 is 0 Å². The highest BCUT2D eigenvalue weighted by Crippen LogP contribution is 2.11. The van der Waals surface area contributed by atoms with Crippen LogP contribution in [0.2, 0.25) is 0 Å². The van der Waals surface area contributed by atoms with E-state index in [4.69, 9.17) is 0 Å². The summed E-state index contributed by atoms with van der Waals surface area (Å²) in [5.74, 6) is 1.11. The lowest BCUT2D eigenvalue weighted by Gasteiger charge is -2.35. The molecule has 0 aliphatic carbocycles. The molecule has 106 valence electrons. The zero-order chi connectivity index (χ0) is 13.5. The van der Waals surface area contributed by atoms with E-state index >= 15 is 0 Å². The number of hydrogen-bond donors (Lipinski definition) is 1. The summed E-state index contributed by atoms with van der Waals surface area (Å²) in [7, 11) is 0. The maximum Gasteiger partial charge on any atom is 0.128 e. The van der Waals surface area contributed by atoms with Crippen LogP contribution in [0.5, 0.6) is 0 Å². The Bertz CT molecular complexity index is 346. The van der Waals surface area contributed by atoms with Crippen molar-refractivity contribution >= 4 is 5.82 Å². The van der Waals surface area contributed by atoms with E-state index in [0.717, 1.165) is 45.1 Å². The first-order valence-electron chi connectivity index (χ1n) is 7.41. The van der Waals surface area contributed by atoms with Crippen LogP contribution in [-0.4, -0.2) is 55.2 Å². The van der Waals surface area contributed by atoms with Gasteiger partial charge in [-0.3, -0.25) is 4.90 Å². The molecule has 4 heteroatoms. The van der Waals surface area contributed by atoms with Gasteiger partial charge in [-0.15, -0.1) is 0 Å². The molecule has 0 bridgehead atoms. The van der Waals surface area contributed by atoms with E-state index in [-0.39, 0.29) is 0 Å². The Morgan fingerprint density at radius 1 is 1.26 bits per heavy atom. The molecule has 1 fully saturated rings. The summed E-state index contributed by atoms with van der Waals surface area (Å²) in [4.78, 5) is 9.33. The molecule has 1 aromatic heterocycles. The lowest BCUT2D eigenvalue weighted by molar-refractivity contribution is 0.253. The van der Waals surface area contributed by atoms with Crippen LogP contribution in [0.15, 0.2) is 24.4 Å². The van der Waals surface area contributed by atoms with E-state index in [1.54, 1.807) is 0 Å². The Kier molecular flexibility index (Phi) is 5.61. The molecular weight excluding hydrogens is 236 g/mol. The van der Waals surface area contributed by atoms with Gasteiger partial charge in [0.2, 0.25) is 0 Å². The van der Waals surface area contributed by atoms with Crippen LogP contribution in [0.3, 0.4) is 0 Å². The van der Waals surface area contributed by atoms with Gasteiger partial charge in [-0.25, -0.2) is 4.98 Å². The zero-order valence-electron chi connectivity index (χ0n) is 12.2. The van der Waals surface area contributed by atoms with Crippen molar-refractivity contribution < 1.29 is 0 Å². The van der Waals surface area contributed by atoms with Gasteiger partial charge in [0.15, 0.2) is 0 Å². The third-order valence-corrected chi connectivity index (χ3v) is 3.88. The Morgan fingerprint density at radius 2 is 2.05 bits per heavy atom. The molecule has 1 N–H and O–H groups in total. The minimum absolute atomic E-state index is 0.634. The summed E-state index contributed by atoms with van der Waals surface area (Å²) in [5.41, 5.74) is 0. The first-order valence-corrected chi connectivity index (χ1v) is 7.41. The highest BCUT2D eigenvalue weighted by atomic mass is 15.3. The molecule has 1 aliphatic rings. The molecule has 0 spiro atoms. The van der Waals surface area contributed by atoms with Crippen LogP contribution in [0, 0.1) is 0 Å². The van der Waals surface area contributed by atoms with Crippen molar-refractivity contribution in [3.63, 3.8) is 0 Å². The summed E-state index contributed by atoms with van der Waals surface area (Å²) >= 11 is 0. The van der Waals surface area contributed by atoms with Crippen molar-refractivity contribution in [2.45, 2.75) is 26.3 Å². The first kappa shape index (κ1) is 14.3. The van der Waals surface area contributed by atoms with Crippen molar-refractivity contribution in [1.29, 1.82) is 0 Å². The number of piperazine rings is 1. The van der Waals surface area contributed by atoms with Crippen LogP contribution in [0.25, 0.3) is 0 Å². The Labute approximate surface area is 116 Å². The standard InChI is InChI=1S/C15H26N4/c1-3-14(2)16-8-9-18-10-12-19(13-11-18)15-6-4-5-7-17-15/h4-7,14,16H,3,8-13H2,1-2H3. The molecule has 1 saturated heterocycles. The first-order chi connectivity index (χ1) is 9.29. The number of aromatic nitrogens is 1. The second kappa shape index (κ2) is 7.46. The van der Waals surface area contributed by atoms with Gasteiger partial charge in [-0.2, -0.15) is 0 Å². The van der Waals surface area contributed by atoms with Gasteiger partial charge in [-0.1, -0.05) is 13.0 Å². The van der Waals surface area contributed by atoms with Gasteiger partial charge < -0.3 is 10.2 Å². The van der Waals surface area contributed by atoms with Gasteiger partial charge in [0.05, 0.1) is 0 Å². The van der Waals surface area contributed by atoms with Crippen LogP contribution in [0.4, 0.5) is 5.82 Å². The molecule has 2 rings (SSSR count). The number of rotatable bonds is 6. The molecule has 0 radical (unpaired) electrons. The van der Waals surface area contributed by atoms with Crippen LogP contribution in [0.1, 0.15) is 20.3 Å². The summed E-state index contributed by atoms with van der Waals surface area (Å²) in [6.45, 7) is 11.2. The van der Waals surface area contributed by atoms with Gasteiger partial charge in [-0.05, 0) is 25.5 Å². The average molecular weight is 262 g/mol. The molecule has 4 nitrogen and oxygen atoms in total. The highest BCUT2D eigenvalue weighted by Gasteiger charge is 2.17. The smallest absolute Gasteiger partial charge is 0.128 e. The van der Waals surface area contributed by atoms with E-state index in [1.807, 2.05) is 12.3 Å². The van der Waals surface area contributed by atoms with E-state index in [1.165, 1.54) is 6.42 Å². The van der Waals surface area contributed by atoms with Crippen LogP contribution in [-0.2, 0) is 0 Å². The van der Waals surface area contributed by atoms with Crippen molar-refractivity contribution in [2.75, 3.05) is 44.2 Å². The number of anilines is 1. The van der Waals surface area contributed by atoms with E-state index < -0.39 is 0 Å². The summed E-state index contributed by atoms with van der Waals surface area (Å²) in [6, 6.07) is 6.76. The van der Waals surface area contributed by atoms with E-state index in [0.29, 0.717) is 6.04 Å². The normalized spacial score (nSPS) is 18.5. The summed E-state index contributed by atoms with van der Waals surface area (Å²) < 4.78 is 0. The minimum atomic E-state index is 0.634. The van der Waals surface area contributed by atoms with E-state index in [2.05, 4.69) is 46.1 Å². The fourth-order valence-electron chi connectivity index (χ4n) is 2.35. The lowest BCUT2D eigenvalue weighted by Crippen LogP contribution is -2.48. The van der Waals surface area contributed by atoms with Crippen molar-refractivity contribution in [1.82, 2.24) is 15.2 Å². The highest BCUT2D eigenvalue weighted by molar-refractivity contribution is 5.38. The van der Waals surface area contributed by atoms with Gasteiger partial charge in [0.1, 0.15) is 5.82 Å². The molecule has 1 aromatic rings. The molecular formula is C15H26N4. The molecule has 19 heavy (non-hydrogen) atoms. The zero-order valence-corrected chi connectivity index (χ0v) is 12.2. The quantitative estimate of drug-likeness (QED) is 0.843. The SMILES string of the molecule is CCC(C)NCCN1CCN(c2ccccn2)CC1. The fraction of sp³-hybridized carbons (Fsp3) is 0.667. The summed E-state index contributed by atoms with van der Waals surface area (Å²) in [5, 5.41) is 3.55. The van der Waals surface area contributed by atoms with Crippen molar-refractivity contribution in [3.05, 3.63) is 24.4 Å². The fourth-order valence-corrected chi connectivity index (χ4v) is 2.35. The number of hydrogen-bond acceptors (Lipinski definition) is 4. The largest absolute Gasteiger partial charge is 0.354 e. The lowest BCUT2D eigenvalue weighted by atomic mass is 10.2. The Hall–Kier alpha value is -1.13. The van der Waals surface area contributed by atoms with Gasteiger partial charge in [0.25, 0.3) is 0 Å². The number of pyridine rings is 1. The molecule has 2 heterocycles. The third kappa shape index (κ3) is 4.48. The molecule has 1 atom stereocenters. The minimum Gasteiger partial charge on any atom is -0.354 e. The van der Waals surface area contributed by atoms with Gasteiger partial charge in [0, 0.05) is 51.5 Å². The van der Waals surface area contributed by atoms with Crippen molar-refractivity contribution in [3.8, 4) is 0 Å². The average Bonchev–Trinajstić information content (AvgIpc) is 2.48. The maximum atomic E-state index is 4.42. The number of nitrogens with one attached hydrogen (secondary N) is 1. The third-order valence-electron chi connectivity index (χ3n) is 3.88. The molecule has 1 aliphatic heterocycles. The Morgan fingerprint density at radius 3 is 2.68 bits per heavy atom. The number of nitrogens with zero attached hydrogens (tertiary/aromatic N) is 3. The molecule has 0 aromatic carbocycles.